The van der Waals surface area contributed by atoms with Gasteiger partial charge in [0.05, 0.1) is 50.1 Å². The van der Waals surface area contributed by atoms with Crippen molar-refractivity contribution in [2.45, 2.75) is 20.5 Å². The van der Waals surface area contributed by atoms with Crippen LogP contribution in [0.15, 0.2) is 42.5 Å². The highest BCUT2D eigenvalue weighted by atomic mass is 16.5. The van der Waals surface area contributed by atoms with E-state index in [2.05, 4.69) is 20.6 Å². The first-order valence-corrected chi connectivity index (χ1v) is 11.0. The van der Waals surface area contributed by atoms with Gasteiger partial charge in [-0.3, -0.25) is 4.79 Å². The van der Waals surface area contributed by atoms with Crippen molar-refractivity contribution < 1.29 is 23.7 Å². The Balaban J connectivity index is 1.78. The van der Waals surface area contributed by atoms with Crippen LogP contribution in [-0.4, -0.2) is 53.7 Å². The van der Waals surface area contributed by atoms with Crippen molar-refractivity contribution in [3.8, 4) is 28.4 Å². The quantitative estimate of drug-likeness (QED) is 0.386. The molecule has 35 heavy (non-hydrogen) atoms. The first-order valence-electron chi connectivity index (χ1n) is 11.0. The van der Waals surface area contributed by atoms with Gasteiger partial charge in [0.15, 0.2) is 22.8 Å². The zero-order valence-corrected chi connectivity index (χ0v) is 20.3. The third-order valence-electron chi connectivity index (χ3n) is 5.44. The van der Waals surface area contributed by atoms with E-state index >= 15 is 0 Å². The second-order valence-electron chi connectivity index (χ2n) is 7.58. The number of methoxy groups -OCH3 is 3. The molecule has 0 aliphatic heterocycles. The molecule has 182 valence electrons. The number of hydrogen-bond donors (Lipinski definition) is 1. The highest BCUT2D eigenvalue weighted by Crippen LogP contribution is 2.36. The van der Waals surface area contributed by atoms with Crippen LogP contribution in [0.1, 0.15) is 28.8 Å². The second-order valence-corrected chi connectivity index (χ2v) is 7.58. The minimum atomic E-state index is -0.416. The SMILES string of the molecule is CCOc1ccccc1NC(=O)c1nnc2c(-c3ccc(OC)c(OC)c3)c(COC)nn2c1C. The number of carbonyl (C=O) groups excluding carboxylic acids is 1. The molecule has 0 bridgehead atoms. The van der Waals surface area contributed by atoms with Crippen molar-refractivity contribution in [2.24, 2.45) is 0 Å². The first-order chi connectivity index (χ1) is 17.0. The van der Waals surface area contributed by atoms with Gasteiger partial charge >= 0.3 is 0 Å². The summed E-state index contributed by atoms with van der Waals surface area (Å²) in [4.78, 5) is 13.1. The molecule has 2 heterocycles. The molecule has 2 aromatic carbocycles. The number of aryl methyl sites for hydroxylation is 1. The number of ether oxygens (including phenoxy) is 4. The van der Waals surface area contributed by atoms with Crippen LogP contribution in [0.4, 0.5) is 5.69 Å². The molecule has 0 radical (unpaired) electrons. The number of carbonyl (C=O) groups is 1. The Bertz CT molecular complexity index is 1370. The molecule has 4 aromatic rings. The van der Waals surface area contributed by atoms with Gasteiger partial charge in [0.25, 0.3) is 5.91 Å². The van der Waals surface area contributed by atoms with E-state index in [0.29, 0.717) is 46.6 Å². The van der Waals surface area contributed by atoms with Gasteiger partial charge in [0.2, 0.25) is 0 Å². The largest absolute Gasteiger partial charge is 0.493 e. The topological polar surface area (TPSA) is 109 Å². The summed E-state index contributed by atoms with van der Waals surface area (Å²) in [5.74, 6) is 1.34. The molecule has 0 aliphatic carbocycles. The van der Waals surface area contributed by atoms with E-state index < -0.39 is 5.91 Å². The number of aromatic nitrogens is 4. The minimum absolute atomic E-state index is 0.147. The maximum atomic E-state index is 13.1. The van der Waals surface area contributed by atoms with Crippen LogP contribution in [0.5, 0.6) is 17.2 Å². The van der Waals surface area contributed by atoms with Crippen molar-refractivity contribution in [3.63, 3.8) is 0 Å². The standard InChI is InChI=1S/C25H27N5O5/c1-6-35-19-10-8-7-9-17(19)26-25(31)23-15(2)30-24(28-27-23)22(18(29-30)14-32-3)16-11-12-20(33-4)21(13-16)34-5/h7-13H,6,14H2,1-5H3,(H,26,31). The summed E-state index contributed by atoms with van der Waals surface area (Å²) < 4.78 is 23.4. The summed E-state index contributed by atoms with van der Waals surface area (Å²) in [6.07, 6.45) is 0. The van der Waals surface area contributed by atoms with Gasteiger partial charge in [-0.25, -0.2) is 4.52 Å². The molecule has 0 fully saturated rings. The van der Waals surface area contributed by atoms with Gasteiger partial charge in [0.1, 0.15) is 5.75 Å². The van der Waals surface area contributed by atoms with Crippen LogP contribution in [0.3, 0.4) is 0 Å². The summed E-state index contributed by atoms with van der Waals surface area (Å²) in [5, 5.41) is 16.2. The normalized spacial score (nSPS) is 10.9. The number of benzene rings is 2. The summed E-state index contributed by atoms with van der Waals surface area (Å²) in [6.45, 7) is 4.38. The average Bonchev–Trinajstić information content (AvgIpc) is 3.24. The lowest BCUT2D eigenvalue weighted by atomic mass is 10.1. The molecule has 0 unspecified atom stereocenters. The maximum Gasteiger partial charge on any atom is 0.278 e. The molecule has 1 N–H and O–H groups in total. The van der Waals surface area contributed by atoms with Crippen LogP contribution < -0.4 is 19.5 Å². The van der Waals surface area contributed by atoms with Crippen molar-refractivity contribution in [1.82, 2.24) is 19.8 Å². The third-order valence-corrected chi connectivity index (χ3v) is 5.44. The van der Waals surface area contributed by atoms with E-state index in [1.54, 1.807) is 44.9 Å². The Kier molecular flexibility index (Phi) is 7.11. The van der Waals surface area contributed by atoms with Crippen LogP contribution >= 0.6 is 0 Å². The number of fused-ring (bicyclic) bond motifs is 1. The van der Waals surface area contributed by atoms with E-state index in [4.69, 9.17) is 18.9 Å². The Morgan fingerprint density at radius 2 is 1.77 bits per heavy atom. The fraction of sp³-hybridized carbons (Fsp3) is 0.280. The monoisotopic (exact) mass is 477 g/mol. The molecule has 0 atom stereocenters. The number of amides is 1. The Labute approximate surface area is 202 Å². The number of para-hydroxylation sites is 2. The van der Waals surface area contributed by atoms with E-state index in [0.717, 1.165) is 11.1 Å². The van der Waals surface area contributed by atoms with Crippen molar-refractivity contribution >= 4 is 17.2 Å². The van der Waals surface area contributed by atoms with Crippen LogP contribution in [-0.2, 0) is 11.3 Å². The molecule has 4 rings (SSSR count). The fourth-order valence-electron chi connectivity index (χ4n) is 3.82. The predicted molar refractivity (Wildman–Crippen MR) is 130 cm³/mol. The highest BCUT2D eigenvalue weighted by molar-refractivity contribution is 6.04. The average molecular weight is 478 g/mol. The maximum absolute atomic E-state index is 13.1. The Morgan fingerprint density at radius 3 is 2.49 bits per heavy atom. The van der Waals surface area contributed by atoms with E-state index in [9.17, 15) is 4.79 Å². The molecule has 0 saturated heterocycles. The van der Waals surface area contributed by atoms with Crippen molar-refractivity contribution in [1.29, 1.82) is 0 Å². The molecule has 2 aromatic heterocycles. The smallest absolute Gasteiger partial charge is 0.278 e. The minimum Gasteiger partial charge on any atom is -0.493 e. The third kappa shape index (κ3) is 4.60. The molecule has 10 heteroatoms. The lowest BCUT2D eigenvalue weighted by molar-refractivity contribution is 0.101. The summed E-state index contributed by atoms with van der Waals surface area (Å²) in [5.41, 5.74) is 3.91. The Hall–Kier alpha value is -4.18. The lowest BCUT2D eigenvalue weighted by Gasteiger charge is -2.12. The van der Waals surface area contributed by atoms with Crippen LogP contribution in [0.25, 0.3) is 16.8 Å². The molecule has 0 aliphatic rings. The Morgan fingerprint density at radius 1 is 1.00 bits per heavy atom. The zero-order valence-electron chi connectivity index (χ0n) is 20.3. The first kappa shape index (κ1) is 24.0. The number of anilines is 1. The molecule has 0 saturated carbocycles. The number of rotatable bonds is 9. The second kappa shape index (κ2) is 10.4. The lowest BCUT2D eigenvalue weighted by Crippen LogP contribution is -2.19. The molecular weight excluding hydrogens is 450 g/mol. The highest BCUT2D eigenvalue weighted by Gasteiger charge is 2.23. The number of hydrogen-bond acceptors (Lipinski definition) is 8. The van der Waals surface area contributed by atoms with Gasteiger partial charge in [-0.15, -0.1) is 10.2 Å². The summed E-state index contributed by atoms with van der Waals surface area (Å²) in [6, 6.07) is 12.8. The van der Waals surface area contributed by atoms with Crippen molar-refractivity contribution in [2.75, 3.05) is 33.3 Å². The molecular formula is C25H27N5O5. The summed E-state index contributed by atoms with van der Waals surface area (Å²) >= 11 is 0. The predicted octanol–water partition coefficient (Wildman–Crippen LogP) is 3.91. The van der Waals surface area contributed by atoms with E-state index in [-0.39, 0.29) is 12.3 Å². The van der Waals surface area contributed by atoms with Crippen molar-refractivity contribution in [3.05, 3.63) is 59.5 Å². The number of nitrogens with zero attached hydrogens (tertiary/aromatic N) is 4. The van der Waals surface area contributed by atoms with Crippen LogP contribution in [0.2, 0.25) is 0 Å². The molecule has 10 nitrogen and oxygen atoms in total. The molecule has 1 amide bonds. The van der Waals surface area contributed by atoms with Gasteiger partial charge in [-0.2, -0.15) is 5.10 Å². The molecule has 0 spiro atoms. The van der Waals surface area contributed by atoms with E-state index in [1.165, 1.54) is 0 Å². The van der Waals surface area contributed by atoms with E-state index in [1.807, 2.05) is 37.3 Å². The van der Waals surface area contributed by atoms with Gasteiger partial charge in [0, 0.05) is 7.11 Å². The van der Waals surface area contributed by atoms with Gasteiger partial charge in [-0.05, 0) is 43.7 Å². The summed E-state index contributed by atoms with van der Waals surface area (Å²) in [7, 11) is 4.75. The van der Waals surface area contributed by atoms with Gasteiger partial charge < -0.3 is 24.3 Å². The number of nitrogens with one attached hydrogen (secondary N) is 1. The fourth-order valence-corrected chi connectivity index (χ4v) is 3.82. The zero-order chi connectivity index (χ0) is 24.9. The van der Waals surface area contributed by atoms with Gasteiger partial charge in [-0.1, -0.05) is 18.2 Å². The van der Waals surface area contributed by atoms with Crippen LogP contribution in [0, 0.1) is 6.92 Å².